The van der Waals surface area contributed by atoms with Crippen LogP contribution >= 0.6 is 0 Å². The number of amides is 1. The number of aliphatic hydroxyl groups is 2. The van der Waals surface area contributed by atoms with Crippen molar-refractivity contribution >= 4 is 12.2 Å². The highest BCUT2D eigenvalue weighted by atomic mass is 16.5. The summed E-state index contributed by atoms with van der Waals surface area (Å²) in [6.45, 7) is 1.66. The molecule has 2 unspecified atom stereocenters. The Bertz CT molecular complexity index is 475. The molecule has 0 saturated heterocycles. The van der Waals surface area contributed by atoms with Crippen LogP contribution in [0.2, 0.25) is 0 Å². The maximum absolute atomic E-state index is 10.8. The minimum atomic E-state index is -1.11. The van der Waals surface area contributed by atoms with Crippen LogP contribution in [0.4, 0.5) is 0 Å². The van der Waals surface area contributed by atoms with E-state index in [1.165, 1.54) is 26.2 Å². The Morgan fingerprint density at radius 1 is 1.45 bits per heavy atom. The van der Waals surface area contributed by atoms with Gasteiger partial charge in [-0.1, -0.05) is 6.07 Å². The van der Waals surface area contributed by atoms with Gasteiger partial charge in [-0.25, -0.2) is 0 Å². The predicted octanol–water partition coefficient (Wildman–Crippen LogP) is 0.428. The third-order valence-corrected chi connectivity index (χ3v) is 2.90. The molecule has 20 heavy (non-hydrogen) atoms. The molecule has 1 rings (SSSR count). The van der Waals surface area contributed by atoms with Crippen LogP contribution in [-0.4, -0.2) is 42.2 Å². The molecule has 0 aromatic heterocycles. The first kappa shape index (κ1) is 16.1. The molecule has 6 heteroatoms. The maximum atomic E-state index is 10.8. The van der Waals surface area contributed by atoms with E-state index in [2.05, 4.69) is 5.32 Å². The fourth-order valence-electron chi connectivity index (χ4n) is 1.79. The number of aliphatic hydroxyl groups excluding tert-OH is 2. The topological polar surface area (TPSA) is 95.9 Å². The summed E-state index contributed by atoms with van der Waals surface area (Å²) in [6, 6.07) is 4.58. The van der Waals surface area contributed by atoms with Crippen molar-refractivity contribution in [2.45, 2.75) is 25.6 Å². The quantitative estimate of drug-likeness (QED) is 0.630. The zero-order valence-corrected chi connectivity index (χ0v) is 11.5. The molecule has 0 aliphatic rings. The summed E-state index contributed by atoms with van der Waals surface area (Å²) in [5.74, 6) is 0.148. The van der Waals surface area contributed by atoms with Crippen LogP contribution in [0.5, 0.6) is 5.75 Å². The van der Waals surface area contributed by atoms with Crippen LogP contribution in [-0.2, 0) is 4.79 Å². The molecule has 2 atom stereocenters. The molecule has 0 spiro atoms. The number of carbonyl (C=O) groups is 2. The van der Waals surface area contributed by atoms with Crippen LogP contribution in [0, 0.1) is 0 Å². The number of aldehydes is 1. The second kappa shape index (κ2) is 7.62. The van der Waals surface area contributed by atoms with E-state index in [9.17, 15) is 19.8 Å². The van der Waals surface area contributed by atoms with Crippen LogP contribution in [0.3, 0.4) is 0 Å². The van der Waals surface area contributed by atoms with Crippen LogP contribution < -0.4 is 10.1 Å². The summed E-state index contributed by atoms with van der Waals surface area (Å²) in [7, 11) is 1.42. The molecule has 0 aliphatic heterocycles. The lowest BCUT2D eigenvalue weighted by Gasteiger charge is -2.19. The molecule has 110 valence electrons. The lowest BCUT2D eigenvalue weighted by Crippen LogP contribution is -2.27. The second-order valence-corrected chi connectivity index (χ2v) is 4.40. The Morgan fingerprint density at radius 2 is 2.15 bits per heavy atom. The highest BCUT2D eigenvalue weighted by Gasteiger charge is 2.19. The Hall–Kier alpha value is -1.92. The zero-order valence-electron chi connectivity index (χ0n) is 11.5. The number of hydrogen-bond acceptors (Lipinski definition) is 5. The van der Waals surface area contributed by atoms with Gasteiger partial charge in [-0.15, -0.1) is 0 Å². The Morgan fingerprint density at radius 3 is 2.70 bits per heavy atom. The van der Waals surface area contributed by atoms with Crippen molar-refractivity contribution in [3.05, 3.63) is 29.3 Å². The smallest absolute Gasteiger partial charge is 0.216 e. The monoisotopic (exact) mass is 281 g/mol. The van der Waals surface area contributed by atoms with E-state index in [1.807, 2.05) is 0 Å². The van der Waals surface area contributed by atoms with E-state index in [-0.39, 0.29) is 18.9 Å². The van der Waals surface area contributed by atoms with Gasteiger partial charge in [0.15, 0.2) is 6.29 Å². The standard InChI is InChI=1S/C14H19NO5/c1-9(17)15-6-5-12(18)14(19)10-3-4-11(8-16)13(7-10)20-2/h3-4,7-8,12,14,18-19H,5-6H2,1-2H3,(H,15,17). The Labute approximate surface area is 117 Å². The molecule has 1 aromatic carbocycles. The van der Waals surface area contributed by atoms with E-state index in [0.717, 1.165) is 0 Å². The summed E-state index contributed by atoms with van der Waals surface area (Å²) in [4.78, 5) is 21.5. The van der Waals surface area contributed by atoms with Gasteiger partial charge in [-0.05, 0) is 24.1 Å². The Kier molecular flexibility index (Phi) is 6.14. The first-order valence-electron chi connectivity index (χ1n) is 6.23. The van der Waals surface area contributed by atoms with Gasteiger partial charge in [-0.3, -0.25) is 9.59 Å². The van der Waals surface area contributed by atoms with Gasteiger partial charge >= 0.3 is 0 Å². The predicted molar refractivity (Wildman–Crippen MR) is 72.6 cm³/mol. The van der Waals surface area contributed by atoms with Crippen molar-refractivity contribution in [1.29, 1.82) is 0 Å². The van der Waals surface area contributed by atoms with E-state index in [4.69, 9.17) is 4.74 Å². The summed E-state index contributed by atoms with van der Waals surface area (Å²) in [6.07, 6.45) is -1.26. The van der Waals surface area contributed by atoms with Crippen molar-refractivity contribution in [3.63, 3.8) is 0 Å². The number of benzene rings is 1. The average molecular weight is 281 g/mol. The van der Waals surface area contributed by atoms with Crippen LogP contribution in [0.25, 0.3) is 0 Å². The maximum Gasteiger partial charge on any atom is 0.216 e. The van der Waals surface area contributed by atoms with E-state index in [0.29, 0.717) is 23.2 Å². The summed E-state index contributed by atoms with van der Waals surface area (Å²) < 4.78 is 5.04. The number of carbonyl (C=O) groups excluding carboxylic acids is 2. The molecule has 0 heterocycles. The molecule has 0 fully saturated rings. The molecule has 3 N–H and O–H groups in total. The molecule has 0 aliphatic carbocycles. The van der Waals surface area contributed by atoms with Gasteiger partial charge in [0.25, 0.3) is 0 Å². The SMILES string of the molecule is COc1cc(C(O)C(O)CCNC(C)=O)ccc1C=O. The second-order valence-electron chi connectivity index (χ2n) is 4.40. The van der Waals surface area contributed by atoms with Crippen molar-refractivity contribution in [2.75, 3.05) is 13.7 Å². The zero-order chi connectivity index (χ0) is 15.1. The largest absolute Gasteiger partial charge is 0.496 e. The van der Waals surface area contributed by atoms with Crippen molar-refractivity contribution in [3.8, 4) is 5.75 Å². The third kappa shape index (κ3) is 4.32. The van der Waals surface area contributed by atoms with E-state index < -0.39 is 12.2 Å². The van der Waals surface area contributed by atoms with Crippen molar-refractivity contribution in [2.24, 2.45) is 0 Å². The van der Waals surface area contributed by atoms with Crippen molar-refractivity contribution < 1.29 is 24.5 Å². The van der Waals surface area contributed by atoms with E-state index >= 15 is 0 Å². The lowest BCUT2D eigenvalue weighted by molar-refractivity contribution is -0.119. The summed E-state index contributed by atoms with van der Waals surface area (Å²) in [5.41, 5.74) is 0.818. The molecule has 0 bridgehead atoms. The fraction of sp³-hybridized carbons (Fsp3) is 0.429. The number of hydrogen-bond donors (Lipinski definition) is 3. The summed E-state index contributed by atoms with van der Waals surface area (Å²) in [5, 5.41) is 22.4. The van der Waals surface area contributed by atoms with E-state index in [1.54, 1.807) is 6.07 Å². The minimum absolute atomic E-state index is 0.191. The highest BCUT2D eigenvalue weighted by molar-refractivity contribution is 5.79. The average Bonchev–Trinajstić information content (AvgIpc) is 2.45. The lowest BCUT2D eigenvalue weighted by atomic mass is 10.0. The van der Waals surface area contributed by atoms with Gasteiger partial charge in [0.1, 0.15) is 11.9 Å². The molecule has 0 radical (unpaired) electrons. The molecule has 0 saturated carbocycles. The number of nitrogens with one attached hydrogen (secondary N) is 1. The van der Waals surface area contributed by atoms with Crippen molar-refractivity contribution in [1.82, 2.24) is 5.32 Å². The molecule has 1 amide bonds. The molecule has 6 nitrogen and oxygen atoms in total. The number of methoxy groups -OCH3 is 1. The highest BCUT2D eigenvalue weighted by Crippen LogP contribution is 2.25. The van der Waals surface area contributed by atoms with Gasteiger partial charge in [-0.2, -0.15) is 0 Å². The molecular formula is C14H19NO5. The van der Waals surface area contributed by atoms with Gasteiger partial charge < -0.3 is 20.3 Å². The first-order chi connectivity index (χ1) is 9.49. The molecule has 1 aromatic rings. The number of ether oxygens (including phenoxy) is 1. The van der Waals surface area contributed by atoms with Gasteiger partial charge in [0, 0.05) is 13.5 Å². The van der Waals surface area contributed by atoms with Crippen LogP contribution in [0.15, 0.2) is 18.2 Å². The number of rotatable bonds is 7. The third-order valence-electron chi connectivity index (χ3n) is 2.90. The first-order valence-corrected chi connectivity index (χ1v) is 6.23. The van der Waals surface area contributed by atoms with Gasteiger partial charge in [0.05, 0.1) is 18.8 Å². The minimum Gasteiger partial charge on any atom is -0.496 e. The fourth-order valence-corrected chi connectivity index (χ4v) is 1.79. The molecular weight excluding hydrogens is 262 g/mol. The Balaban J connectivity index is 2.73. The van der Waals surface area contributed by atoms with Crippen LogP contribution in [0.1, 0.15) is 35.4 Å². The normalized spacial score (nSPS) is 13.4. The van der Waals surface area contributed by atoms with Gasteiger partial charge in [0.2, 0.25) is 5.91 Å². The summed E-state index contributed by atoms with van der Waals surface area (Å²) >= 11 is 0.